The average Bonchev–Trinajstić information content (AvgIpc) is 3.05. The molecule has 9 heteroatoms. The van der Waals surface area contributed by atoms with Crippen LogP contribution >= 0.6 is 11.3 Å². The molecule has 25 heavy (non-hydrogen) atoms. The van der Waals surface area contributed by atoms with Crippen molar-refractivity contribution in [3.05, 3.63) is 29.0 Å². The lowest BCUT2D eigenvalue weighted by Crippen LogP contribution is -2.42. The first-order valence-corrected chi connectivity index (χ1v) is 10.8. The fourth-order valence-electron chi connectivity index (χ4n) is 2.85. The minimum absolute atomic E-state index is 0.0562. The summed E-state index contributed by atoms with van der Waals surface area (Å²) in [5, 5.41) is 0.625. The van der Waals surface area contributed by atoms with Crippen LogP contribution in [0.25, 0.3) is 10.8 Å². The highest BCUT2D eigenvalue weighted by atomic mass is 32.2. The Kier molecular flexibility index (Phi) is 5.14. The van der Waals surface area contributed by atoms with Gasteiger partial charge in [-0.05, 0) is 25.3 Å². The van der Waals surface area contributed by atoms with Crippen LogP contribution in [0.15, 0.2) is 18.5 Å². The number of aryl methyl sites for hydroxylation is 1. The number of nitrogens with zero attached hydrogens (tertiary/aromatic N) is 4. The fourth-order valence-corrected chi connectivity index (χ4v) is 5.41. The summed E-state index contributed by atoms with van der Waals surface area (Å²) in [5.74, 6) is 0.678. The second-order valence-corrected chi connectivity index (χ2v) is 9.32. The van der Waals surface area contributed by atoms with E-state index in [4.69, 9.17) is 0 Å². The number of amides is 1. The predicted octanol–water partition coefficient (Wildman–Crippen LogP) is 1.81. The maximum absolute atomic E-state index is 12.9. The number of aromatic nitrogens is 3. The van der Waals surface area contributed by atoms with Crippen LogP contribution in [0, 0.1) is 0 Å². The Morgan fingerprint density at radius 3 is 2.52 bits per heavy atom. The van der Waals surface area contributed by atoms with Crippen molar-refractivity contribution in [1.29, 1.82) is 0 Å². The van der Waals surface area contributed by atoms with Crippen LogP contribution in [0.2, 0.25) is 0 Å². The Balaban J connectivity index is 1.83. The fraction of sp³-hybridized carbons (Fsp3) is 0.500. The SMILES string of the molecule is CCc1nc(-c2ncccn2)sc1C(=O)N(C)C1CCS(=O)(=O)CC1. The molecule has 1 aliphatic heterocycles. The topological polar surface area (TPSA) is 93.1 Å². The van der Waals surface area contributed by atoms with Crippen molar-refractivity contribution in [2.24, 2.45) is 0 Å². The highest BCUT2D eigenvalue weighted by Gasteiger charge is 2.31. The van der Waals surface area contributed by atoms with Crippen LogP contribution in [0.5, 0.6) is 0 Å². The van der Waals surface area contributed by atoms with Gasteiger partial charge < -0.3 is 4.90 Å². The van der Waals surface area contributed by atoms with Crippen molar-refractivity contribution in [2.45, 2.75) is 32.2 Å². The standard InChI is InChI=1S/C16H20N4O3S2/c1-3-12-13(24-15(19-12)14-17-7-4-8-18-14)16(21)20(2)11-5-9-25(22,23)10-6-11/h4,7-8,11H,3,5-6,9-10H2,1-2H3. The van der Waals surface area contributed by atoms with Crippen LogP contribution in [-0.2, 0) is 16.3 Å². The van der Waals surface area contributed by atoms with E-state index in [-0.39, 0.29) is 23.5 Å². The molecule has 0 atom stereocenters. The van der Waals surface area contributed by atoms with Crippen LogP contribution in [-0.4, -0.2) is 58.8 Å². The normalized spacial score (nSPS) is 17.4. The predicted molar refractivity (Wildman–Crippen MR) is 96.3 cm³/mol. The molecule has 0 saturated carbocycles. The molecule has 0 unspecified atom stereocenters. The summed E-state index contributed by atoms with van der Waals surface area (Å²) in [6.07, 6.45) is 4.90. The van der Waals surface area contributed by atoms with E-state index in [9.17, 15) is 13.2 Å². The van der Waals surface area contributed by atoms with E-state index in [2.05, 4.69) is 15.0 Å². The molecule has 0 spiro atoms. The van der Waals surface area contributed by atoms with Gasteiger partial charge in [0.25, 0.3) is 5.91 Å². The third-order valence-corrected chi connectivity index (χ3v) is 7.17. The molecule has 0 aliphatic carbocycles. The lowest BCUT2D eigenvalue weighted by Gasteiger charge is -2.30. The smallest absolute Gasteiger partial charge is 0.265 e. The molecule has 7 nitrogen and oxygen atoms in total. The van der Waals surface area contributed by atoms with E-state index >= 15 is 0 Å². The number of sulfone groups is 1. The number of rotatable bonds is 4. The van der Waals surface area contributed by atoms with E-state index in [1.54, 1.807) is 30.4 Å². The maximum atomic E-state index is 12.9. The number of carbonyl (C=O) groups is 1. The first-order chi connectivity index (χ1) is 11.9. The summed E-state index contributed by atoms with van der Waals surface area (Å²) >= 11 is 1.29. The van der Waals surface area contributed by atoms with Gasteiger partial charge in [0.1, 0.15) is 14.7 Å². The molecule has 2 aromatic rings. The van der Waals surface area contributed by atoms with E-state index in [0.717, 1.165) is 5.69 Å². The zero-order valence-corrected chi connectivity index (χ0v) is 15.8. The van der Waals surface area contributed by atoms with Crippen molar-refractivity contribution in [3.63, 3.8) is 0 Å². The summed E-state index contributed by atoms with van der Waals surface area (Å²) in [6.45, 7) is 1.95. The number of hydrogen-bond acceptors (Lipinski definition) is 7. The van der Waals surface area contributed by atoms with Crippen LogP contribution in [0.1, 0.15) is 35.1 Å². The molecule has 1 aliphatic rings. The van der Waals surface area contributed by atoms with Crippen molar-refractivity contribution in [3.8, 4) is 10.8 Å². The van der Waals surface area contributed by atoms with E-state index < -0.39 is 9.84 Å². The van der Waals surface area contributed by atoms with Gasteiger partial charge in [-0.2, -0.15) is 0 Å². The summed E-state index contributed by atoms with van der Waals surface area (Å²) in [5.41, 5.74) is 0.729. The van der Waals surface area contributed by atoms with Crippen LogP contribution in [0.4, 0.5) is 0 Å². The molecule has 1 fully saturated rings. The van der Waals surface area contributed by atoms with Crippen molar-refractivity contribution >= 4 is 27.1 Å². The molecule has 0 bridgehead atoms. The molecule has 3 rings (SSSR count). The van der Waals surface area contributed by atoms with Gasteiger partial charge in [-0.25, -0.2) is 23.4 Å². The molecule has 2 aromatic heterocycles. The monoisotopic (exact) mass is 380 g/mol. The summed E-state index contributed by atoms with van der Waals surface area (Å²) in [4.78, 5) is 28.1. The van der Waals surface area contributed by atoms with Gasteiger partial charge in [0.05, 0.1) is 17.2 Å². The van der Waals surface area contributed by atoms with Crippen LogP contribution < -0.4 is 0 Å². The van der Waals surface area contributed by atoms with Gasteiger partial charge in [-0.3, -0.25) is 4.79 Å². The molecule has 3 heterocycles. The summed E-state index contributed by atoms with van der Waals surface area (Å²) in [6, 6.07) is 1.67. The van der Waals surface area contributed by atoms with Crippen LogP contribution in [0.3, 0.4) is 0 Å². The van der Waals surface area contributed by atoms with Gasteiger partial charge >= 0.3 is 0 Å². The first kappa shape index (κ1) is 17.9. The maximum Gasteiger partial charge on any atom is 0.265 e. The van der Waals surface area contributed by atoms with Gasteiger partial charge in [0, 0.05) is 25.5 Å². The van der Waals surface area contributed by atoms with E-state index in [0.29, 0.717) is 35.0 Å². The highest BCUT2D eigenvalue weighted by Crippen LogP contribution is 2.28. The zero-order chi connectivity index (χ0) is 18.0. The van der Waals surface area contributed by atoms with Crippen molar-refractivity contribution in [1.82, 2.24) is 19.9 Å². The van der Waals surface area contributed by atoms with E-state index in [1.807, 2.05) is 6.92 Å². The molecule has 1 saturated heterocycles. The van der Waals surface area contributed by atoms with Crippen molar-refractivity contribution in [2.75, 3.05) is 18.6 Å². The lowest BCUT2D eigenvalue weighted by atomic mass is 10.1. The molecular formula is C16H20N4O3S2. The summed E-state index contributed by atoms with van der Waals surface area (Å²) in [7, 11) is -1.21. The summed E-state index contributed by atoms with van der Waals surface area (Å²) < 4.78 is 23.2. The first-order valence-electron chi connectivity index (χ1n) is 8.16. The Hall–Kier alpha value is -1.87. The third kappa shape index (κ3) is 3.87. The lowest BCUT2D eigenvalue weighted by molar-refractivity contribution is 0.0725. The zero-order valence-electron chi connectivity index (χ0n) is 14.2. The minimum atomic E-state index is -2.95. The van der Waals surface area contributed by atoms with Gasteiger partial charge in [-0.15, -0.1) is 11.3 Å². The Bertz CT molecular complexity index is 851. The second kappa shape index (κ2) is 7.17. The van der Waals surface area contributed by atoms with Gasteiger partial charge in [-0.1, -0.05) is 6.92 Å². The largest absolute Gasteiger partial charge is 0.338 e. The second-order valence-electron chi connectivity index (χ2n) is 6.02. The number of carbonyl (C=O) groups excluding carboxylic acids is 1. The Morgan fingerprint density at radius 2 is 1.92 bits per heavy atom. The average molecular weight is 380 g/mol. The molecule has 1 amide bonds. The third-order valence-electron chi connectivity index (χ3n) is 4.38. The Morgan fingerprint density at radius 1 is 1.28 bits per heavy atom. The molecule has 134 valence electrons. The van der Waals surface area contributed by atoms with Crippen molar-refractivity contribution < 1.29 is 13.2 Å². The Labute approximate surface area is 151 Å². The van der Waals surface area contributed by atoms with Gasteiger partial charge in [0.2, 0.25) is 0 Å². The minimum Gasteiger partial charge on any atom is -0.338 e. The number of hydrogen-bond donors (Lipinski definition) is 0. The highest BCUT2D eigenvalue weighted by molar-refractivity contribution is 7.91. The molecule has 0 aromatic carbocycles. The van der Waals surface area contributed by atoms with E-state index in [1.165, 1.54) is 11.3 Å². The number of thiazole rings is 1. The molecular weight excluding hydrogens is 360 g/mol. The van der Waals surface area contributed by atoms with Gasteiger partial charge in [0.15, 0.2) is 10.8 Å². The quantitative estimate of drug-likeness (QED) is 0.803. The molecule has 0 radical (unpaired) electrons. The molecule has 0 N–H and O–H groups in total.